The van der Waals surface area contributed by atoms with Gasteiger partial charge < -0.3 is 14.2 Å². The normalized spacial score (nSPS) is 31.4. The fraction of sp³-hybridized carbons (Fsp3) is 1.00. The molecule has 4 heteroatoms. The minimum absolute atomic E-state index is 0.107. The molecular formula is C20H40O3S. The van der Waals surface area contributed by atoms with E-state index in [4.69, 9.17) is 14.2 Å². The second-order valence-corrected chi connectivity index (χ2v) is 9.55. The van der Waals surface area contributed by atoms with E-state index in [2.05, 4.69) is 67.2 Å². The molecule has 1 aliphatic heterocycles. The van der Waals surface area contributed by atoms with Crippen molar-refractivity contribution >= 4 is 11.8 Å². The van der Waals surface area contributed by atoms with Crippen molar-refractivity contribution in [3.63, 3.8) is 0 Å². The summed E-state index contributed by atoms with van der Waals surface area (Å²) in [7, 11) is 0. The number of rotatable bonds is 10. The largest absolute Gasteiger partial charge is 0.373 e. The molecule has 1 rings (SSSR count). The third-order valence-corrected chi connectivity index (χ3v) is 5.76. The summed E-state index contributed by atoms with van der Waals surface area (Å²) in [5.41, 5.74) is 0. The molecule has 144 valence electrons. The van der Waals surface area contributed by atoms with E-state index in [-0.39, 0.29) is 30.7 Å². The Bertz CT molecular complexity index is 333. The quantitative estimate of drug-likeness (QED) is 0.480. The summed E-state index contributed by atoms with van der Waals surface area (Å²) in [6, 6.07) is 0. The molecule has 5 atom stereocenters. The lowest BCUT2D eigenvalue weighted by atomic mass is 9.79. The standard InChI is InChI=1S/C20H40O3S/c1-9-18-19(21-13(2)3)17(11-10-12-24-15(6)7)16(8)20(23-18)22-14(4)5/h13-20H,9-12H2,1-8H3/t16?,17?,18?,19-,20-/m0/s1. The average molecular weight is 361 g/mol. The van der Waals surface area contributed by atoms with E-state index in [0.717, 1.165) is 6.42 Å². The van der Waals surface area contributed by atoms with Gasteiger partial charge in [0.2, 0.25) is 0 Å². The van der Waals surface area contributed by atoms with Crippen LogP contribution < -0.4 is 0 Å². The molecule has 0 bridgehead atoms. The van der Waals surface area contributed by atoms with Crippen LogP contribution in [-0.2, 0) is 14.2 Å². The Morgan fingerprint density at radius 2 is 1.62 bits per heavy atom. The van der Waals surface area contributed by atoms with Crippen molar-refractivity contribution in [2.45, 2.75) is 111 Å². The Morgan fingerprint density at radius 1 is 1.00 bits per heavy atom. The van der Waals surface area contributed by atoms with Crippen LogP contribution in [0.15, 0.2) is 0 Å². The van der Waals surface area contributed by atoms with Crippen molar-refractivity contribution in [1.82, 2.24) is 0 Å². The van der Waals surface area contributed by atoms with Crippen LogP contribution in [0.4, 0.5) is 0 Å². The molecule has 0 saturated carbocycles. The zero-order valence-electron chi connectivity index (χ0n) is 17.1. The number of ether oxygens (including phenoxy) is 3. The van der Waals surface area contributed by atoms with Gasteiger partial charge in [-0.15, -0.1) is 0 Å². The molecule has 0 radical (unpaired) electrons. The molecule has 1 saturated heterocycles. The van der Waals surface area contributed by atoms with Crippen LogP contribution in [0.25, 0.3) is 0 Å². The lowest BCUT2D eigenvalue weighted by molar-refractivity contribution is -0.286. The second kappa shape index (κ2) is 11.1. The first-order valence-electron chi connectivity index (χ1n) is 9.84. The first kappa shape index (κ1) is 22.3. The van der Waals surface area contributed by atoms with Crippen molar-refractivity contribution in [3.8, 4) is 0 Å². The van der Waals surface area contributed by atoms with Crippen LogP contribution in [0.3, 0.4) is 0 Å². The molecule has 0 spiro atoms. The van der Waals surface area contributed by atoms with Gasteiger partial charge in [-0.25, -0.2) is 0 Å². The van der Waals surface area contributed by atoms with E-state index in [1.54, 1.807) is 0 Å². The van der Waals surface area contributed by atoms with Gasteiger partial charge in [-0.1, -0.05) is 27.7 Å². The van der Waals surface area contributed by atoms with E-state index in [1.807, 2.05) is 0 Å². The summed E-state index contributed by atoms with van der Waals surface area (Å²) in [4.78, 5) is 0. The maximum Gasteiger partial charge on any atom is 0.161 e. The number of thioether (sulfide) groups is 1. The molecule has 0 aromatic heterocycles. The van der Waals surface area contributed by atoms with Gasteiger partial charge in [-0.3, -0.25) is 0 Å². The fourth-order valence-electron chi connectivity index (χ4n) is 3.47. The molecule has 1 heterocycles. The highest BCUT2D eigenvalue weighted by Crippen LogP contribution is 2.38. The zero-order chi connectivity index (χ0) is 18.3. The highest BCUT2D eigenvalue weighted by molar-refractivity contribution is 7.99. The van der Waals surface area contributed by atoms with Crippen molar-refractivity contribution in [2.75, 3.05) is 5.75 Å². The highest BCUT2D eigenvalue weighted by atomic mass is 32.2. The first-order valence-corrected chi connectivity index (χ1v) is 10.9. The Hall–Kier alpha value is 0.230. The first-order chi connectivity index (χ1) is 11.3. The van der Waals surface area contributed by atoms with Gasteiger partial charge in [-0.2, -0.15) is 11.8 Å². The summed E-state index contributed by atoms with van der Waals surface area (Å²) < 4.78 is 18.7. The monoisotopic (exact) mass is 360 g/mol. The van der Waals surface area contributed by atoms with Crippen LogP contribution in [0.2, 0.25) is 0 Å². The molecule has 1 aliphatic rings. The highest BCUT2D eigenvalue weighted by Gasteiger charge is 2.44. The van der Waals surface area contributed by atoms with Crippen molar-refractivity contribution in [2.24, 2.45) is 11.8 Å². The summed E-state index contributed by atoms with van der Waals surface area (Å²) in [5, 5.41) is 0.709. The zero-order valence-corrected chi connectivity index (χ0v) is 17.9. The summed E-state index contributed by atoms with van der Waals surface area (Å²) in [6.45, 7) is 17.4. The third-order valence-electron chi connectivity index (χ3n) is 4.57. The molecule has 1 fully saturated rings. The SMILES string of the molecule is CCC1O[C@H](OC(C)C)C(C)C(CCCSC(C)C)[C@@H]1OC(C)C. The smallest absolute Gasteiger partial charge is 0.161 e. The average Bonchev–Trinajstić information content (AvgIpc) is 2.47. The molecule has 0 aromatic rings. The maximum absolute atomic E-state index is 6.32. The Kier molecular flexibility index (Phi) is 10.3. The maximum atomic E-state index is 6.32. The van der Waals surface area contributed by atoms with Crippen LogP contribution in [0, 0.1) is 11.8 Å². The van der Waals surface area contributed by atoms with Gasteiger partial charge >= 0.3 is 0 Å². The molecule has 24 heavy (non-hydrogen) atoms. The van der Waals surface area contributed by atoms with Gasteiger partial charge in [0, 0.05) is 5.92 Å². The lowest BCUT2D eigenvalue weighted by Gasteiger charge is -2.46. The predicted octanol–water partition coefficient (Wildman–Crippen LogP) is 5.51. The van der Waals surface area contributed by atoms with Crippen molar-refractivity contribution < 1.29 is 14.2 Å². The number of hydrogen-bond acceptors (Lipinski definition) is 4. The van der Waals surface area contributed by atoms with Crippen LogP contribution in [0.1, 0.15) is 74.7 Å². The summed E-state index contributed by atoms with van der Waals surface area (Å²) in [5.74, 6) is 2.09. The van der Waals surface area contributed by atoms with E-state index >= 15 is 0 Å². The van der Waals surface area contributed by atoms with Gasteiger partial charge in [0.25, 0.3) is 0 Å². The third kappa shape index (κ3) is 7.23. The van der Waals surface area contributed by atoms with Crippen LogP contribution in [0.5, 0.6) is 0 Å². The second-order valence-electron chi connectivity index (χ2n) is 7.87. The Morgan fingerprint density at radius 3 is 2.12 bits per heavy atom. The van der Waals surface area contributed by atoms with Gasteiger partial charge in [0.05, 0.1) is 24.4 Å². The van der Waals surface area contributed by atoms with E-state index < -0.39 is 0 Å². The molecule has 3 unspecified atom stereocenters. The molecular weight excluding hydrogens is 320 g/mol. The van der Waals surface area contributed by atoms with Crippen LogP contribution >= 0.6 is 11.8 Å². The molecule has 0 aromatic carbocycles. The van der Waals surface area contributed by atoms with Gasteiger partial charge in [-0.05, 0) is 63.9 Å². The van der Waals surface area contributed by atoms with Gasteiger partial charge in [0.1, 0.15) is 0 Å². The van der Waals surface area contributed by atoms with Gasteiger partial charge in [0.15, 0.2) is 6.29 Å². The van der Waals surface area contributed by atoms with E-state index in [0.29, 0.717) is 17.1 Å². The number of hydrogen-bond donors (Lipinski definition) is 0. The summed E-state index contributed by atoms with van der Waals surface area (Å²) >= 11 is 2.05. The fourth-order valence-corrected chi connectivity index (χ4v) is 4.28. The minimum Gasteiger partial charge on any atom is -0.373 e. The molecule has 0 amide bonds. The van der Waals surface area contributed by atoms with Crippen LogP contribution in [-0.4, -0.2) is 41.7 Å². The van der Waals surface area contributed by atoms with Crippen molar-refractivity contribution in [1.29, 1.82) is 0 Å². The van der Waals surface area contributed by atoms with E-state index in [1.165, 1.54) is 18.6 Å². The lowest BCUT2D eigenvalue weighted by Crippen LogP contribution is -2.53. The molecule has 0 aliphatic carbocycles. The minimum atomic E-state index is -0.107. The molecule has 3 nitrogen and oxygen atoms in total. The summed E-state index contributed by atoms with van der Waals surface area (Å²) in [6.07, 6.45) is 4.03. The predicted molar refractivity (Wildman–Crippen MR) is 105 cm³/mol. The van der Waals surface area contributed by atoms with Crippen molar-refractivity contribution in [3.05, 3.63) is 0 Å². The topological polar surface area (TPSA) is 27.7 Å². The molecule has 0 N–H and O–H groups in total. The Labute approximate surface area is 154 Å². The van der Waals surface area contributed by atoms with E-state index in [9.17, 15) is 0 Å². The Balaban J connectivity index is 2.80.